The fourth-order valence-corrected chi connectivity index (χ4v) is 3.60. The average Bonchev–Trinajstić information content (AvgIpc) is 2.54. The minimum absolute atomic E-state index is 0.0620. The second-order valence-corrected chi connectivity index (χ2v) is 7.22. The molecule has 2 amide bonds. The van der Waals surface area contributed by atoms with E-state index in [0.717, 1.165) is 24.2 Å². The predicted molar refractivity (Wildman–Crippen MR) is 101 cm³/mol. The van der Waals surface area contributed by atoms with Crippen molar-refractivity contribution in [3.8, 4) is 0 Å². The molecule has 0 atom stereocenters. The largest absolute Gasteiger partial charge is 0.480 e. The van der Waals surface area contributed by atoms with Crippen molar-refractivity contribution in [2.75, 3.05) is 19.3 Å². The summed E-state index contributed by atoms with van der Waals surface area (Å²) in [6.45, 7) is 3.24. The number of nitrogens with zero attached hydrogens (tertiary/aromatic N) is 1. The number of thioether (sulfide) groups is 1. The molecule has 2 rings (SSSR count). The quantitative estimate of drug-likeness (QED) is 0.625. The number of carboxylic acids is 1. The smallest absolute Gasteiger partial charge is 0.317 e. The molecule has 0 aromatic heterocycles. The van der Waals surface area contributed by atoms with Gasteiger partial charge in [0.1, 0.15) is 0 Å². The van der Waals surface area contributed by atoms with Gasteiger partial charge in [0.25, 0.3) is 0 Å². The first-order chi connectivity index (χ1) is 12.0. The van der Waals surface area contributed by atoms with E-state index in [4.69, 9.17) is 5.11 Å². The molecule has 1 aliphatic carbocycles. The lowest BCUT2D eigenvalue weighted by Gasteiger charge is -2.42. The van der Waals surface area contributed by atoms with Gasteiger partial charge in [0, 0.05) is 24.4 Å². The zero-order valence-electron chi connectivity index (χ0n) is 14.8. The lowest BCUT2D eigenvalue weighted by atomic mass is 9.85. The van der Waals surface area contributed by atoms with Crippen LogP contribution in [-0.4, -0.2) is 53.4 Å². The van der Waals surface area contributed by atoms with Gasteiger partial charge >= 0.3 is 12.0 Å². The normalized spacial score (nSPS) is 19.3. The predicted octanol–water partition coefficient (Wildman–Crippen LogP) is 2.29. The highest BCUT2D eigenvalue weighted by molar-refractivity contribution is 7.97. The third-order valence-electron chi connectivity index (χ3n) is 4.46. The fraction of sp³-hybridized carbons (Fsp3) is 0.556. The molecule has 1 fully saturated rings. The number of nitrogens with one attached hydrogen (secondary N) is 2. The van der Waals surface area contributed by atoms with Crippen molar-refractivity contribution >= 4 is 23.8 Å². The van der Waals surface area contributed by atoms with Gasteiger partial charge in [-0.3, -0.25) is 9.69 Å². The number of hydrogen-bond acceptors (Lipinski definition) is 4. The summed E-state index contributed by atoms with van der Waals surface area (Å²) >= 11 is 1.77. The van der Waals surface area contributed by atoms with E-state index in [1.165, 1.54) is 5.56 Å². The number of carbonyl (C=O) groups excluding carboxylic acids is 1. The zero-order chi connectivity index (χ0) is 18.2. The summed E-state index contributed by atoms with van der Waals surface area (Å²) in [6.07, 6.45) is 3.68. The van der Waals surface area contributed by atoms with Crippen molar-refractivity contribution in [1.29, 1.82) is 0 Å². The number of benzene rings is 1. The molecule has 0 heterocycles. The van der Waals surface area contributed by atoms with Crippen molar-refractivity contribution in [3.05, 3.63) is 35.4 Å². The van der Waals surface area contributed by atoms with Crippen LogP contribution >= 0.6 is 11.8 Å². The summed E-state index contributed by atoms with van der Waals surface area (Å²) in [5, 5.41) is 14.8. The van der Waals surface area contributed by atoms with Gasteiger partial charge in [-0.25, -0.2) is 4.79 Å². The van der Waals surface area contributed by atoms with Crippen LogP contribution in [0.2, 0.25) is 0 Å². The van der Waals surface area contributed by atoms with Gasteiger partial charge in [-0.2, -0.15) is 11.8 Å². The molecule has 0 unspecified atom stereocenters. The highest BCUT2D eigenvalue weighted by Crippen LogP contribution is 2.25. The molecule has 1 saturated carbocycles. The highest BCUT2D eigenvalue weighted by Gasteiger charge is 2.34. The van der Waals surface area contributed by atoms with Crippen LogP contribution < -0.4 is 10.6 Å². The van der Waals surface area contributed by atoms with Crippen molar-refractivity contribution in [1.82, 2.24) is 15.5 Å². The minimum atomic E-state index is -0.806. The van der Waals surface area contributed by atoms with Crippen molar-refractivity contribution < 1.29 is 14.7 Å². The van der Waals surface area contributed by atoms with E-state index < -0.39 is 5.97 Å². The van der Waals surface area contributed by atoms with Crippen LogP contribution in [0.15, 0.2) is 24.3 Å². The van der Waals surface area contributed by atoms with E-state index in [0.29, 0.717) is 13.1 Å². The number of carboxylic acid groups (broad SMARTS) is 1. The zero-order valence-corrected chi connectivity index (χ0v) is 15.6. The fourth-order valence-electron chi connectivity index (χ4n) is 3.09. The van der Waals surface area contributed by atoms with Crippen molar-refractivity contribution in [2.45, 2.75) is 44.1 Å². The monoisotopic (exact) mass is 365 g/mol. The summed E-state index contributed by atoms with van der Waals surface area (Å²) < 4.78 is 0. The standard InChI is InChI=1S/C18H27N3O3S/c1-3-21(11-17(22)23)16-8-15(9-16)20-18(24)19-10-13-5-4-6-14(7-13)12-25-2/h4-7,15-16H,3,8-12H2,1-2H3,(H,22,23)(H2,19,20,24). The number of aliphatic carboxylic acids is 1. The molecular weight excluding hydrogens is 338 g/mol. The molecule has 25 heavy (non-hydrogen) atoms. The molecule has 0 spiro atoms. The second kappa shape index (κ2) is 9.68. The van der Waals surface area contributed by atoms with Gasteiger partial charge < -0.3 is 15.7 Å². The lowest BCUT2D eigenvalue weighted by Crippen LogP contribution is -2.56. The Kier molecular flexibility index (Phi) is 7.58. The third kappa shape index (κ3) is 6.25. The highest BCUT2D eigenvalue weighted by atomic mass is 32.2. The summed E-state index contributed by atoms with van der Waals surface area (Å²) in [5.41, 5.74) is 2.35. The molecule has 138 valence electrons. The molecule has 6 nitrogen and oxygen atoms in total. The summed E-state index contributed by atoms with van der Waals surface area (Å²) in [6, 6.07) is 8.42. The Morgan fingerprint density at radius 3 is 2.68 bits per heavy atom. The van der Waals surface area contributed by atoms with Crippen LogP contribution in [0.3, 0.4) is 0 Å². The molecule has 0 bridgehead atoms. The molecule has 0 aliphatic heterocycles. The van der Waals surface area contributed by atoms with Gasteiger partial charge in [0.2, 0.25) is 0 Å². The van der Waals surface area contributed by atoms with E-state index in [2.05, 4.69) is 29.0 Å². The SMILES string of the molecule is CCN(CC(=O)O)C1CC(NC(=O)NCc2cccc(CSC)c2)C1. The maximum absolute atomic E-state index is 12.0. The van der Waals surface area contributed by atoms with Crippen LogP contribution in [-0.2, 0) is 17.1 Å². The Hall–Kier alpha value is -1.73. The average molecular weight is 365 g/mol. The van der Waals surface area contributed by atoms with Gasteiger partial charge in [-0.1, -0.05) is 31.2 Å². The van der Waals surface area contributed by atoms with Crippen LogP contribution in [0.4, 0.5) is 4.79 Å². The van der Waals surface area contributed by atoms with Gasteiger partial charge in [-0.05, 0) is 36.8 Å². The van der Waals surface area contributed by atoms with Crippen molar-refractivity contribution in [2.24, 2.45) is 0 Å². The summed E-state index contributed by atoms with van der Waals surface area (Å²) in [7, 11) is 0. The maximum Gasteiger partial charge on any atom is 0.317 e. The first-order valence-corrected chi connectivity index (χ1v) is 9.98. The summed E-state index contributed by atoms with van der Waals surface area (Å²) in [5.74, 6) is 0.160. The number of urea groups is 1. The number of rotatable bonds is 9. The molecule has 3 N–H and O–H groups in total. The molecule has 1 aliphatic rings. The first-order valence-electron chi connectivity index (χ1n) is 8.58. The number of amides is 2. The van der Waals surface area contributed by atoms with Gasteiger partial charge in [0.15, 0.2) is 0 Å². The minimum Gasteiger partial charge on any atom is -0.480 e. The molecule has 0 saturated heterocycles. The van der Waals surface area contributed by atoms with Gasteiger partial charge in [0.05, 0.1) is 6.54 Å². The van der Waals surface area contributed by atoms with Crippen LogP contribution in [0.25, 0.3) is 0 Å². The Balaban J connectivity index is 1.70. The second-order valence-electron chi connectivity index (χ2n) is 6.36. The van der Waals surface area contributed by atoms with E-state index >= 15 is 0 Å². The Bertz CT molecular complexity index is 591. The number of hydrogen-bond donors (Lipinski definition) is 3. The topological polar surface area (TPSA) is 81.7 Å². The van der Waals surface area contributed by atoms with Crippen LogP contribution in [0.5, 0.6) is 0 Å². The maximum atomic E-state index is 12.0. The molecule has 7 heteroatoms. The van der Waals surface area contributed by atoms with E-state index in [1.807, 2.05) is 24.0 Å². The van der Waals surface area contributed by atoms with E-state index in [9.17, 15) is 9.59 Å². The molecule has 0 radical (unpaired) electrons. The Labute approximate surface area is 153 Å². The van der Waals surface area contributed by atoms with Gasteiger partial charge in [-0.15, -0.1) is 0 Å². The number of carbonyl (C=O) groups is 2. The Morgan fingerprint density at radius 1 is 1.32 bits per heavy atom. The van der Waals surface area contributed by atoms with Crippen LogP contribution in [0.1, 0.15) is 30.9 Å². The third-order valence-corrected chi connectivity index (χ3v) is 5.09. The van der Waals surface area contributed by atoms with Crippen LogP contribution in [0, 0.1) is 0 Å². The summed E-state index contributed by atoms with van der Waals surface area (Å²) in [4.78, 5) is 24.8. The molecule has 1 aromatic carbocycles. The Morgan fingerprint density at radius 2 is 2.04 bits per heavy atom. The van der Waals surface area contributed by atoms with E-state index in [-0.39, 0.29) is 24.7 Å². The number of likely N-dealkylation sites (N-methyl/N-ethyl adjacent to an activating group) is 1. The molecule has 1 aromatic rings. The lowest BCUT2D eigenvalue weighted by molar-refractivity contribution is -0.139. The first kappa shape index (κ1) is 19.6. The van der Waals surface area contributed by atoms with Crippen molar-refractivity contribution in [3.63, 3.8) is 0 Å². The molecular formula is C18H27N3O3S. The van der Waals surface area contributed by atoms with E-state index in [1.54, 1.807) is 11.8 Å².